The van der Waals surface area contributed by atoms with Gasteiger partial charge in [0.15, 0.2) is 5.82 Å². The van der Waals surface area contributed by atoms with Gasteiger partial charge in [0.2, 0.25) is 5.95 Å². The van der Waals surface area contributed by atoms with Crippen molar-refractivity contribution in [1.29, 1.82) is 0 Å². The Balaban J connectivity index is 1.54. The fourth-order valence-electron chi connectivity index (χ4n) is 2.86. The van der Waals surface area contributed by atoms with Crippen molar-refractivity contribution in [3.8, 4) is 11.4 Å². The lowest BCUT2D eigenvalue weighted by Gasteiger charge is -2.09. The first-order valence-electron chi connectivity index (χ1n) is 8.94. The first kappa shape index (κ1) is 19.9. The molecule has 2 N–H and O–H groups in total. The van der Waals surface area contributed by atoms with E-state index >= 15 is 0 Å². The number of aromatic amines is 1. The van der Waals surface area contributed by atoms with Gasteiger partial charge in [-0.25, -0.2) is 0 Å². The summed E-state index contributed by atoms with van der Waals surface area (Å²) in [6.45, 7) is 0.247. The number of hydrogen-bond acceptors (Lipinski definition) is 4. The van der Waals surface area contributed by atoms with E-state index in [9.17, 15) is 9.59 Å². The summed E-state index contributed by atoms with van der Waals surface area (Å²) in [5, 5.41) is 10.4. The highest BCUT2D eigenvalue weighted by Gasteiger charge is 2.14. The van der Waals surface area contributed by atoms with E-state index in [1.165, 1.54) is 22.9 Å². The summed E-state index contributed by atoms with van der Waals surface area (Å²) in [5.41, 5.74) is 1.48. The molecule has 9 heteroatoms. The molecule has 0 atom stereocenters. The molecule has 0 radical (unpaired) electrons. The number of aromatic nitrogens is 4. The van der Waals surface area contributed by atoms with Gasteiger partial charge in [0, 0.05) is 22.8 Å². The molecule has 0 bridgehead atoms. The largest absolute Gasteiger partial charge is 0.310 e. The van der Waals surface area contributed by atoms with Crippen LogP contribution in [-0.2, 0) is 6.54 Å². The SMILES string of the molecule is O=C(Nc1n[nH]c(-c2ccccc2Cl)n1)c1ccc(=O)n(Cc2ccccc2Cl)c1. The number of carbonyl (C=O) groups is 1. The number of amides is 1. The van der Waals surface area contributed by atoms with E-state index in [1.54, 1.807) is 18.2 Å². The highest BCUT2D eigenvalue weighted by Crippen LogP contribution is 2.25. The van der Waals surface area contributed by atoms with Crippen LogP contribution in [0.1, 0.15) is 15.9 Å². The van der Waals surface area contributed by atoms with Crippen LogP contribution in [0.25, 0.3) is 11.4 Å². The maximum Gasteiger partial charge on any atom is 0.259 e. The summed E-state index contributed by atoms with van der Waals surface area (Å²) < 4.78 is 1.42. The molecule has 0 saturated heterocycles. The Bertz CT molecular complexity index is 1280. The highest BCUT2D eigenvalue weighted by molar-refractivity contribution is 6.33. The lowest BCUT2D eigenvalue weighted by atomic mass is 10.2. The number of rotatable bonds is 5. The first-order valence-corrected chi connectivity index (χ1v) is 9.69. The molecule has 0 unspecified atom stereocenters. The summed E-state index contributed by atoms with van der Waals surface area (Å²) in [6.07, 6.45) is 1.47. The van der Waals surface area contributed by atoms with Crippen molar-refractivity contribution in [3.05, 3.63) is 98.4 Å². The minimum atomic E-state index is -0.451. The molecule has 150 valence electrons. The van der Waals surface area contributed by atoms with E-state index in [0.717, 1.165) is 5.56 Å². The highest BCUT2D eigenvalue weighted by atomic mass is 35.5. The predicted molar refractivity (Wildman–Crippen MR) is 116 cm³/mol. The van der Waals surface area contributed by atoms with Crippen molar-refractivity contribution in [3.63, 3.8) is 0 Å². The summed E-state index contributed by atoms with van der Waals surface area (Å²) in [4.78, 5) is 29.1. The molecule has 0 aliphatic rings. The number of halogens is 2. The summed E-state index contributed by atoms with van der Waals surface area (Å²) in [7, 11) is 0. The number of nitrogens with one attached hydrogen (secondary N) is 2. The van der Waals surface area contributed by atoms with Gasteiger partial charge < -0.3 is 4.57 Å². The molecule has 30 heavy (non-hydrogen) atoms. The normalized spacial score (nSPS) is 10.7. The van der Waals surface area contributed by atoms with E-state index in [2.05, 4.69) is 20.5 Å². The number of hydrogen-bond donors (Lipinski definition) is 2. The van der Waals surface area contributed by atoms with Crippen molar-refractivity contribution in [2.24, 2.45) is 0 Å². The van der Waals surface area contributed by atoms with Gasteiger partial charge in [0.1, 0.15) is 0 Å². The molecule has 2 heterocycles. The predicted octanol–water partition coefficient (Wildman–Crippen LogP) is 4.24. The van der Waals surface area contributed by atoms with Crippen molar-refractivity contribution in [2.45, 2.75) is 6.54 Å². The number of carbonyl (C=O) groups excluding carboxylic acids is 1. The quantitative estimate of drug-likeness (QED) is 0.486. The fraction of sp³-hybridized carbons (Fsp3) is 0.0476. The van der Waals surface area contributed by atoms with Crippen LogP contribution in [0.4, 0.5) is 5.95 Å². The molecule has 4 aromatic rings. The Morgan fingerprint density at radius 3 is 2.50 bits per heavy atom. The number of anilines is 1. The molecule has 2 aromatic carbocycles. The van der Waals surface area contributed by atoms with Gasteiger partial charge in [-0.2, -0.15) is 4.98 Å². The Kier molecular flexibility index (Phi) is 5.65. The maximum absolute atomic E-state index is 12.6. The van der Waals surface area contributed by atoms with Crippen LogP contribution in [0.2, 0.25) is 10.0 Å². The van der Waals surface area contributed by atoms with Crippen LogP contribution in [0.5, 0.6) is 0 Å². The van der Waals surface area contributed by atoms with Crippen molar-refractivity contribution in [2.75, 3.05) is 5.32 Å². The monoisotopic (exact) mass is 439 g/mol. The minimum absolute atomic E-state index is 0.0961. The van der Waals surface area contributed by atoms with Gasteiger partial charge in [0.05, 0.1) is 17.1 Å². The van der Waals surface area contributed by atoms with Gasteiger partial charge in [-0.3, -0.25) is 20.0 Å². The second kappa shape index (κ2) is 8.52. The average Bonchev–Trinajstić information content (AvgIpc) is 3.19. The van der Waals surface area contributed by atoms with Gasteiger partial charge >= 0.3 is 0 Å². The zero-order valence-electron chi connectivity index (χ0n) is 15.5. The van der Waals surface area contributed by atoms with Gasteiger partial charge in [-0.05, 0) is 29.8 Å². The zero-order chi connectivity index (χ0) is 21.1. The van der Waals surface area contributed by atoms with Crippen molar-refractivity contribution >= 4 is 35.1 Å². The number of pyridine rings is 1. The third-order valence-electron chi connectivity index (χ3n) is 4.38. The Labute approximate surface area is 181 Å². The van der Waals surface area contributed by atoms with Crippen LogP contribution in [-0.4, -0.2) is 25.7 Å². The number of H-pyrrole nitrogens is 1. The molecule has 0 aliphatic heterocycles. The van der Waals surface area contributed by atoms with Crippen molar-refractivity contribution in [1.82, 2.24) is 19.7 Å². The van der Waals surface area contributed by atoms with Crippen LogP contribution in [0.15, 0.2) is 71.7 Å². The Morgan fingerprint density at radius 1 is 1.00 bits per heavy atom. The molecular formula is C21H15Cl2N5O2. The van der Waals surface area contributed by atoms with Gasteiger partial charge in [0.25, 0.3) is 11.5 Å². The standard InChI is InChI=1S/C21H15Cl2N5O2/c22-16-7-3-1-5-13(16)11-28-12-14(9-10-18(28)29)20(30)25-21-24-19(26-27-21)15-6-2-4-8-17(15)23/h1-10,12H,11H2,(H2,24,25,26,27,30). The zero-order valence-corrected chi connectivity index (χ0v) is 17.0. The smallest absolute Gasteiger partial charge is 0.259 e. The first-order chi connectivity index (χ1) is 14.5. The molecule has 7 nitrogen and oxygen atoms in total. The molecule has 0 fully saturated rings. The lowest BCUT2D eigenvalue weighted by Crippen LogP contribution is -2.23. The fourth-order valence-corrected chi connectivity index (χ4v) is 3.29. The molecule has 1 amide bonds. The topological polar surface area (TPSA) is 92.7 Å². The second-order valence-electron chi connectivity index (χ2n) is 6.42. The molecule has 4 rings (SSSR count). The van der Waals surface area contributed by atoms with Crippen LogP contribution >= 0.6 is 23.2 Å². The van der Waals surface area contributed by atoms with Gasteiger partial charge in [-0.15, -0.1) is 5.10 Å². The summed E-state index contributed by atoms with van der Waals surface area (Å²) >= 11 is 12.3. The van der Waals surface area contributed by atoms with Gasteiger partial charge in [-0.1, -0.05) is 53.5 Å². The van der Waals surface area contributed by atoms with E-state index < -0.39 is 5.91 Å². The summed E-state index contributed by atoms with van der Waals surface area (Å²) in [6, 6.07) is 17.2. The van der Waals surface area contributed by atoms with E-state index in [1.807, 2.05) is 30.3 Å². The lowest BCUT2D eigenvalue weighted by molar-refractivity contribution is 0.102. The molecule has 0 saturated carbocycles. The van der Waals surface area contributed by atoms with Crippen molar-refractivity contribution < 1.29 is 4.79 Å². The molecular weight excluding hydrogens is 425 g/mol. The Morgan fingerprint density at radius 2 is 1.73 bits per heavy atom. The number of nitrogens with zero attached hydrogens (tertiary/aromatic N) is 3. The molecule has 2 aromatic heterocycles. The molecule has 0 spiro atoms. The molecule has 0 aliphatic carbocycles. The van der Waals surface area contributed by atoms with E-state index in [0.29, 0.717) is 21.4 Å². The summed E-state index contributed by atoms with van der Waals surface area (Å²) in [5.74, 6) is 0.0750. The van der Waals surface area contributed by atoms with E-state index in [4.69, 9.17) is 23.2 Å². The third-order valence-corrected chi connectivity index (χ3v) is 5.08. The van der Waals surface area contributed by atoms with E-state index in [-0.39, 0.29) is 23.6 Å². The number of benzene rings is 2. The second-order valence-corrected chi connectivity index (χ2v) is 7.23. The average molecular weight is 440 g/mol. The van der Waals surface area contributed by atoms with Crippen LogP contribution in [0, 0.1) is 0 Å². The third kappa shape index (κ3) is 4.27. The minimum Gasteiger partial charge on any atom is -0.310 e. The van der Waals surface area contributed by atoms with Crippen LogP contribution in [0.3, 0.4) is 0 Å². The van der Waals surface area contributed by atoms with Crippen LogP contribution < -0.4 is 10.9 Å². The maximum atomic E-state index is 12.6. The Hall–Kier alpha value is -3.42.